The van der Waals surface area contributed by atoms with Gasteiger partial charge in [-0.2, -0.15) is 0 Å². The van der Waals surface area contributed by atoms with Crippen molar-refractivity contribution < 1.29 is 19.2 Å². The first-order chi connectivity index (χ1) is 10.2. The molecule has 0 aromatic heterocycles. The molecule has 3 heterocycles. The van der Waals surface area contributed by atoms with Gasteiger partial charge in [-0.05, 0) is 36.0 Å². The van der Waals surface area contributed by atoms with E-state index in [-0.39, 0.29) is 5.91 Å². The highest BCUT2D eigenvalue weighted by Gasteiger charge is 2.36. The van der Waals surface area contributed by atoms with Crippen molar-refractivity contribution in [1.82, 2.24) is 4.90 Å². The molecule has 4 rings (SSSR count). The normalized spacial score (nSPS) is 27.7. The molecule has 2 saturated heterocycles. The van der Waals surface area contributed by atoms with Gasteiger partial charge in [0.25, 0.3) is 5.91 Å². The smallest absolute Gasteiger partial charge is 0.423 e. The molecule has 6 heteroatoms. The highest BCUT2D eigenvalue weighted by atomic mass is 16.5. The van der Waals surface area contributed by atoms with Crippen LogP contribution in [0.1, 0.15) is 28.8 Å². The Morgan fingerprint density at radius 2 is 2.29 bits per heavy atom. The van der Waals surface area contributed by atoms with E-state index in [2.05, 4.69) is 0 Å². The minimum atomic E-state index is -0.851. The monoisotopic (exact) mass is 287 g/mol. The van der Waals surface area contributed by atoms with Gasteiger partial charge in [-0.3, -0.25) is 4.79 Å². The molecular weight excluding hydrogens is 269 g/mol. The topological polar surface area (TPSA) is 59.0 Å². The van der Waals surface area contributed by atoms with Gasteiger partial charge in [-0.25, -0.2) is 0 Å². The fraction of sp³-hybridized carbons (Fsp3) is 0.533. The van der Waals surface area contributed by atoms with Gasteiger partial charge in [-0.1, -0.05) is 6.07 Å². The van der Waals surface area contributed by atoms with E-state index >= 15 is 0 Å². The average molecular weight is 287 g/mol. The molecule has 0 spiro atoms. The first-order valence-electron chi connectivity index (χ1n) is 7.56. The molecule has 1 aromatic rings. The number of rotatable bonds is 1. The lowest BCUT2D eigenvalue weighted by atomic mass is 9.79. The Morgan fingerprint density at radius 3 is 3.19 bits per heavy atom. The molecule has 0 radical (unpaired) electrons. The summed E-state index contributed by atoms with van der Waals surface area (Å²) in [5, 5.41) is 9.63. The summed E-state index contributed by atoms with van der Waals surface area (Å²) in [5.74, 6) is 0.562. The highest BCUT2D eigenvalue weighted by molar-refractivity contribution is 6.61. The fourth-order valence-corrected chi connectivity index (χ4v) is 3.61. The van der Waals surface area contributed by atoms with Gasteiger partial charge in [0.15, 0.2) is 0 Å². The van der Waals surface area contributed by atoms with Gasteiger partial charge < -0.3 is 19.3 Å². The van der Waals surface area contributed by atoms with E-state index in [1.54, 1.807) is 12.1 Å². The summed E-state index contributed by atoms with van der Waals surface area (Å²) in [5.41, 5.74) is 2.37. The van der Waals surface area contributed by atoms with Crippen molar-refractivity contribution in [3.8, 4) is 0 Å². The number of hydrogen-bond acceptors (Lipinski definition) is 4. The number of carbonyl (C=O) groups is 1. The Balaban J connectivity index is 1.52. The summed E-state index contributed by atoms with van der Waals surface area (Å²) in [6, 6.07) is 5.44. The zero-order valence-corrected chi connectivity index (χ0v) is 11.8. The minimum Gasteiger partial charge on any atom is -0.423 e. The lowest BCUT2D eigenvalue weighted by Crippen LogP contribution is -2.44. The predicted molar refractivity (Wildman–Crippen MR) is 77.2 cm³/mol. The van der Waals surface area contributed by atoms with E-state index in [0.29, 0.717) is 24.2 Å². The molecule has 0 unspecified atom stereocenters. The maximum Gasteiger partial charge on any atom is 0.491 e. The molecule has 110 valence electrons. The number of ether oxygens (including phenoxy) is 1. The molecule has 2 atom stereocenters. The van der Waals surface area contributed by atoms with E-state index in [1.165, 1.54) is 0 Å². The Hall–Kier alpha value is -1.37. The van der Waals surface area contributed by atoms with E-state index < -0.39 is 7.12 Å². The van der Waals surface area contributed by atoms with Crippen molar-refractivity contribution in [3.05, 3.63) is 29.3 Å². The van der Waals surface area contributed by atoms with Crippen LogP contribution < -0.4 is 5.46 Å². The van der Waals surface area contributed by atoms with Crippen LogP contribution in [-0.4, -0.2) is 48.7 Å². The third-order valence-electron chi connectivity index (χ3n) is 4.82. The van der Waals surface area contributed by atoms with Crippen molar-refractivity contribution in [2.24, 2.45) is 5.92 Å². The van der Waals surface area contributed by atoms with E-state index in [4.69, 9.17) is 9.39 Å². The van der Waals surface area contributed by atoms with Crippen LogP contribution in [-0.2, 0) is 16.0 Å². The number of likely N-dealkylation sites (tertiary alicyclic amines) is 1. The van der Waals surface area contributed by atoms with Crippen molar-refractivity contribution in [3.63, 3.8) is 0 Å². The number of nitrogens with zero attached hydrogens (tertiary/aromatic N) is 1. The second-order valence-corrected chi connectivity index (χ2v) is 6.07. The number of amides is 1. The maximum absolute atomic E-state index is 12.7. The van der Waals surface area contributed by atoms with Gasteiger partial charge in [0.1, 0.15) is 0 Å². The van der Waals surface area contributed by atoms with E-state index in [0.717, 1.165) is 43.6 Å². The first-order valence-corrected chi connectivity index (χ1v) is 7.56. The molecule has 0 aliphatic carbocycles. The maximum atomic E-state index is 12.7. The Labute approximate surface area is 124 Å². The molecule has 0 bridgehead atoms. The highest BCUT2D eigenvalue weighted by Crippen LogP contribution is 2.29. The molecule has 3 aliphatic rings. The van der Waals surface area contributed by atoms with E-state index in [1.807, 2.05) is 11.0 Å². The Morgan fingerprint density at radius 1 is 1.38 bits per heavy atom. The second kappa shape index (κ2) is 5.12. The summed E-state index contributed by atoms with van der Waals surface area (Å²) in [4.78, 5) is 14.6. The molecule has 2 fully saturated rings. The number of benzene rings is 1. The molecule has 21 heavy (non-hydrogen) atoms. The molecule has 1 N–H and O–H groups in total. The van der Waals surface area contributed by atoms with Crippen molar-refractivity contribution in [2.45, 2.75) is 25.6 Å². The van der Waals surface area contributed by atoms with Crippen molar-refractivity contribution in [2.75, 3.05) is 19.7 Å². The number of fused-ring (bicyclic) bond motifs is 2. The zero-order chi connectivity index (χ0) is 14.4. The first kappa shape index (κ1) is 13.3. The van der Waals surface area contributed by atoms with Crippen LogP contribution >= 0.6 is 0 Å². The molecule has 3 aliphatic heterocycles. The molecular formula is C15H18BNO4. The van der Waals surface area contributed by atoms with Crippen LogP contribution in [0.15, 0.2) is 18.2 Å². The zero-order valence-electron chi connectivity index (χ0n) is 11.8. The number of hydrogen-bond donors (Lipinski definition) is 1. The summed E-state index contributed by atoms with van der Waals surface area (Å²) >= 11 is 0. The SMILES string of the molecule is O=C(c1ccc2c(c1)COB2O)N1CC[C@@H]2OCC[C@@H]2C1. The third kappa shape index (κ3) is 2.27. The molecule has 1 aromatic carbocycles. The summed E-state index contributed by atoms with van der Waals surface area (Å²) in [6.45, 7) is 2.75. The average Bonchev–Trinajstić information content (AvgIpc) is 3.12. The van der Waals surface area contributed by atoms with Crippen LogP contribution in [0.2, 0.25) is 0 Å². The van der Waals surface area contributed by atoms with Gasteiger partial charge in [0.2, 0.25) is 0 Å². The van der Waals surface area contributed by atoms with Crippen LogP contribution in [0, 0.1) is 5.92 Å². The summed E-state index contributed by atoms with van der Waals surface area (Å²) in [6.07, 6.45) is 2.33. The number of carbonyl (C=O) groups excluding carboxylic acids is 1. The largest absolute Gasteiger partial charge is 0.491 e. The standard InChI is InChI=1S/C15H18BNO4/c18-15(17-5-3-14-11(8-17)4-6-20-14)10-1-2-13-12(7-10)9-21-16(13)19/h1-2,7,11,14,19H,3-6,8-9H2/t11-,14+/m1/s1. The molecule has 0 saturated carbocycles. The van der Waals surface area contributed by atoms with Crippen LogP contribution in [0.4, 0.5) is 0 Å². The minimum absolute atomic E-state index is 0.0736. The lowest BCUT2D eigenvalue weighted by Gasteiger charge is -2.34. The second-order valence-electron chi connectivity index (χ2n) is 6.07. The van der Waals surface area contributed by atoms with Gasteiger partial charge >= 0.3 is 7.12 Å². The summed E-state index contributed by atoms with van der Waals surface area (Å²) < 4.78 is 10.9. The Kier molecular flexibility index (Phi) is 3.25. The quantitative estimate of drug-likeness (QED) is 0.747. The number of piperidine rings is 1. The van der Waals surface area contributed by atoms with Crippen LogP contribution in [0.3, 0.4) is 0 Å². The third-order valence-corrected chi connectivity index (χ3v) is 4.82. The Bertz CT molecular complexity index is 579. The molecule has 5 nitrogen and oxygen atoms in total. The van der Waals surface area contributed by atoms with Crippen molar-refractivity contribution >= 4 is 18.5 Å². The predicted octanol–water partition coefficient (Wildman–Crippen LogP) is 0.155. The fourth-order valence-electron chi connectivity index (χ4n) is 3.61. The van der Waals surface area contributed by atoms with E-state index in [9.17, 15) is 9.82 Å². The molecule has 1 amide bonds. The summed E-state index contributed by atoms with van der Waals surface area (Å²) in [7, 11) is -0.851. The van der Waals surface area contributed by atoms with Gasteiger partial charge in [-0.15, -0.1) is 0 Å². The van der Waals surface area contributed by atoms with Gasteiger partial charge in [0.05, 0.1) is 12.7 Å². The van der Waals surface area contributed by atoms with Crippen LogP contribution in [0.25, 0.3) is 0 Å². The van der Waals surface area contributed by atoms with Crippen molar-refractivity contribution in [1.29, 1.82) is 0 Å². The van der Waals surface area contributed by atoms with Gasteiger partial charge in [0, 0.05) is 31.2 Å². The lowest BCUT2D eigenvalue weighted by molar-refractivity contribution is 0.0306. The van der Waals surface area contributed by atoms with Crippen LogP contribution in [0.5, 0.6) is 0 Å².